The van der Waals surface area contributed by atoms with Crippen LogP contribution < -0.4 is 29.7 Å². The van der Waals surface area contributed by atoms with Gasteiger partial charge in [0.25, 0.3) is 0 Å². The minimum absolute atomic E-state index is 0. The van der Waals surface area contributed by atoms with Crippen LogP contribution in [-0.4, -0.2) is 7.05 Å². The zero-order valence-electron chi connectivity index (χ0n) is 19.9. The summed E-state index contributed by atoms with van der Waals surface area (Å²) in [4.78, 5) is 2.25. The first-order chi connectivity index (χ1) is 16.6. The fourth-order valence-electron chi connectivity index (χ4n) is 5.03. The molecule has 4 aliphatic rings. The van der Waals surface area contributed by atoms with E-state index in [1.807, 2.05) is 0 Å². The second-order valence-electron chi connectivity index (χ2n) is 8.69. The molecule has 37 heavy (non-hydrogen) atoms. The van der Waals surface area contributed by atoms with Gasteiger partial charge in [-0.2, -0.15) is 5.56 Å². The van der Waals surface area contributed by atoms with Crippen molar-refractivity contribution < 1.29 is 51.0 Å². The third-order valence-electron chi connectivity index (χ3n) is 6.78. The summed E-state index contributed by atoms with van der Waals surface area (Å²) in [7, 11) is 2.13. The van der Waals surface area contributed by atoms with Gasteiger partial charge in [-0.25, -0.2) is 12.2 Å². The van der Waals surface area contributed by atoms with Gasteiger partial charge in [-0.1, -0.05) is 83.6 Å². The van der Waals surface area contributed by atoms with Crippen molar-refractivity contribution in [2.45, 2.75) is 11.8 Å². The molecule has 0 saturated carbocycles. The molecule has 6 heteroatoms. The second-order valence-corrected chi connectivity index (χ2v) is 11.0. The summed E-state index contributed by atoms with van der Waals surface area (Å²) in [6.45, 7) is 0. The Labute approximate surface area is 278 Å². The Morgan fingerprint density at radius 1 is 0.649 bits per heavy atom. The SMILES string of the molecule is CN1c2ccc(cc2)C2[C-]=Cc3c1ccc(I)c32.Ic1cccc2c1C(c1ccccc1)[C-]=C2.[Cl-].[Cl-].[Zr+4]. The van der Waals surface area contributed by atoms with Crippen LogP contribution in [-0.2, 0) is 26.2 Å². The third kappa shape index (κ3) is 5.70. The molecular weight excluding hydrogens is 802 g/mol. The van der Waals surface area contributed by atoms with Crippen molar-refractivity contribution in [3.8, 4) is 0 Å². The molecule has 1 nitrogen and oxygen atoms in total. The number of benzene rings is 4. The number of nitrogens with zero attached hydrogens (tertiary/aromatic N) is 1. The van der Waals surface area contributed by atoms with Crippen molar-refractivity contribution in [1.82, 2.24) is 0 Å². The van der Waals surface area contributed by atoms with Crippen LogP contribution in [0.15, 0.2) is 84.9 Å². The van der Waals surface area contributed by atoms with E-state index in [-0.39, 0.29) is 51.0 Å². The van der Waals surface area contributed by atoms with E-state index in [0.717, 1.165) is 0 Å². The summed E-state index contributed by atoms with van der Waals surface area (Å²) in [6.07, 6.45) is 11.2. The molecule has 0 amide bonds. The summed E-state index contributed by atoms with van der Waals surface area (Å²) in [5, 5.41) is 0. The van der Waals surface area contributed by atoms with E-state index < -0.39 is 0 Å². The molecule has 2 atom stereocenters. The third-order valence-corrected chi connectivity index (χ3v) is 8.66. The van der Waals surface area contributed by atoms with Gasteiger partial charge in [-0.05, 0) is 76.2 Å². The smallest absolute Gasteiger partial charge is 1.00 e. The maximum Gasteiger partial charge on any atom is 4.00 e. The molecule has 0 aromatic heterocycles. The first-order valence-corrected chi connectivity index (χ1v) is 13.5. The predicted octanol–water partition coefficient (Wildman–Crippen LogP) is 2.59. The minimum Gasteiger partial charge on any atom is -1.00 e. The van der Waals surface area contributed by atoms with Crippen LogP contribution in [0.3, 0.4) is 0 Å². The Bertz CT molecular complexity index is 1450. The summed E-state index contributed by atoms with van der Waals surface area (Å²) < 4.78 is 2.65. The summed E-state index contributed by atoms with van der Waals surface area (Å²) in [5.41, 5.74) is 10.6. The van der Waals surface area contributed by atoms with Crippen LogP contribution >= 0.6 is 45.2 Å². The molecule has 4 aromatic carbocycles. The van der Waals surface area contributed by atoms with E-state index in [1.54, 1.807) is 0 Å². The molecule has 2 aliphatic heterocycles. The molecular formula is C31H21Cl2I2NZr. The molecule has 0 N–H and O–H groups in total. The average Bonchev–Trinajstić information content (AvgIpc) is 3.52. The molecule has 182 valence electrons. The van der Waals surface area contributed by atoms with Crippen LogP contribution in [0.2, 0.25) is 0 Å². The summed E-state index contributed by atoms with van der Waals surface area (Å²) in [6, 6.07) is 30.3. The van der Waals surface area contributed by atoms with Crippen LogP contribution in [0.25, 0.3) is 12.2 Å². The topological polar surface area (TPSA) is 3.24 Å². The van der Waals surface area contributed by atoms with Crippen molar-refractivity contribution in [3.63, 3.8) is 0 Å². The average molecular weight is 823 g/mol. The molecule has 6 bridgehead atoms. The second kappa shape index (κ2) is 13.0. The quantitative estimate of drug-likeness (QED) is 0.211. The van der Waals surface area contributed by atoms with Gasteiger partial charge in [0.05, 0.1) is 0 Å². The summed E-state index contributed by atoms with van der Waals surface area (Å²) in [5.74, 6) is 0.608. The molecule has 2 heterocycles. The van der Waals surface area contributed by atoms with Gasteiger partial charge in [0.15, 0.2) is 0 Å². The van der Waals surface area contributed by atoms with Gasteiger partial charge in [0.2, 0.25) is 0 Å². The van der Waals surface area contributed by atoms with Gasteiger partial charge in [0, 0.05) is 12.7 Å². The van der Waals surface area contributed by atoms with Crippen LogP contribution in [0, 0.1) is 19.3 Å². The van der Waals surface area contributed by atoms with Crippen LogP contribution in [0.5, 0.6) is 0 Å². The number of rotatable bonds is 1. The number of allylic oxidation sites excluding steroid dienone is 2. The van der Waals surface area contributed by atoms with Gasteiger partial charge < -0.3 is 29.7 Å². The van der Waals surface area contributed by atoms with Gasteiger partial charge in [-0.15, -0.1) is 22.8 Å². The van der Waals surface area contributed by atoms with Gasteiger partial charge in [0.1, 0.15) is 0 Å². The number of hydrogen-bond acceptors (Lipinski definition) is 1. The largest absolute Gasteiger partial charge is 4.00 e. The molecule has 2 unspecified atom stereocenters. The van der Waals surface area contributed by atoms with Gasteiger partial charge >= 0.3 is 26.2 Å². The first kappa shape index (κ1) is 30.6. The Balaban J connectivity index is 0.000000191. The number of fused-ring (bicyclic) bond motifs is 3. The number of anilines is 2. The van der Waals surface area contributed by atoms with E-state index in [1.165, 1.54) is 51.9 Å². The molecule has 0 radical (unpaired) electrons. The Hall–Kier alpha value is -0.917. The van der Waals surface area contributed by atoms with E-state index in [9.17, 15) is 0 Å². The maximum atomic E-state index is 3.51. The number of hydrogen-bond donors (Lipinski definition) is 0. The molecule has 0 fully saturated rings. The molecule has 0 saturated heterocycles. The van der Waals surface area contributed by atoms with Crippen molar-refractivity contribution >= 4 is 68.7 Å². The van der Waals surface area contributed by atoms with E-state index in [0.29, 0.717) is 11.8 Å². The zero-order chi connectivity index (χ0) is 23.2. The molecule has 0 spiro atoms. The Kier molecular flexibility index (Phi) is 10.7. The van der Waals surface area contributed by atoms with Crippen LogP contribution in [0.1, 0.15) is 45.2 Å². The molecule has 8 rings (SSSR count). The van der Waals surface area contributed by atoms with Gasteiger partial charge in [-0.3, -0.25) is 12.2 Å². The summed E-state index contributed by atoms with van der Waals surface area (Å²) >= 11 is 4.84. The van der Waals surface area contributed by atoms with E-state index >= 15 is 0 Å². The van der Waals surface area contributed by atoms with Crippen LogP contribution in [0.4, 0.5) is 11.4 Å². The fraction of sp³-hybridized carbons (Fsp3) is 0.0968. The zero-order valence-corrected chi connectivity index (χ0v) is 28.1. The Morgan fingerprint density at radius 2 is 1.27 bits per heavy atom. The van der Waals surface area contributed by atoms with Crippen molar-refractivity contribution in [2.24, 2.45) is 0 Å². The van der Waals surface area contributed by atoms with Crippen molar-refractivity contribution in [1.29, 1.82) is 0 Å². The predicted molar refractivity (Wildman–Crippen MR) is 158 cm³/mol. The van der Waals surface area contributed by atoms with Crippen molar-refractivity contribution in [3.05, 3.63) is 138 Å². The fourth-order valence-corrected chi connectivity index (χ4v) is 6.64. The first-order valence-electron chi connectivity index (χ1n) is 11.3. The Morgan fingerprint density at radius 3 is 2.00 bits per heavy atom. The van der Waals surface area contributed by atoms with E-state index in [2.05, 4.69) is 166 Å². The number of halogens is 4. The van der Waals surface area contributed by atoms with Crippen molar-refractivity contribution in [2.75, 3.05) is 11.9 Å². The maximum absolute atomic E-state index is 3.51. The minimum atomic E-state index is 0. The molecule has 4 aromatic rings. The monoisotopic (exact) mass is 821 g/mol. The normalized spacial score (nSPS) is 16.7. The van der Waals surface area contributed by atoms with E-state index in [4.69, 9.17) is 0 Å². The standard InChI is InChI=1S/C16H11IN.C15H10I.2ClH.Zr/c1-18-11-4-2-10(3-5-11)12-6-7-13-15(18)9-8-14(17)16(12)13;16-14-8-4-7-12-9-10-13(15(12)14)11-5-2-1-3-6-11;;;/h2-5,7-9,12H,1H3;1-9,13H;2*1H;/q2*-1;;;+4/p-2. The molecule has 2 aliphatic carbocycles.